The number of hydrogen-bond acceptors (Lipinski definition) is 11. The number of fused-ring (bicyclic) bond motifs is 2. The Labute approximate surface area is 352 Å². The van der Waals surface area contributed by atoms with Gasteiger partial charge < -0.3 is 35.2 Å². The number of urea groups is 1. The zero-order valence-corrected chi connectivity index (χ0v) is 34.0. The number of amides is 6. The van der Waals surface area contributed by atoms with E-state index in [1.54, 1.807) is 40.0 Å². The SMILES string of the molecule is O=C(CCOCCN1CCN(c2ccc3c(c2)CN(C2CCC(=O)NC2=O)C3=O)CC1)NCCOc1ccc(Cl)cc1NC(=O)Nc1cnc2ccnn2c1C1CCCC1. The number of nitrogens with zero attached hydrogens (tertiary/aromatic N) is 6. The monoisotopic (exact) mass is 840 g/mol. The van der Waals surface area contributed by atoms with E-state index in [1.165, 1.54) is 0 Å². The highest BCUT2D eigenvalue weighted by Crippen LogP contribution is 2.38. The Balaban J connectivity index is 0.715. The summed E-state index contributed by atoms with van der Waals surface area (Å²) >= 11 is 6.27. The van der Waals surface area contributed by atoms with Crippen LogP contribution in [0.15, 0.2) is 54.9 Å². The first kappa shape index (κ1) is 41.0. The molecule has 2 aromatic carbocycles. The van der Waals surface area contributed by atoms with Gasteiger partial charge in [0, 0.05) is 80.4 Å². The molecule has 1 saturated carbocycles. The van der Waals surface area contributed by atoms with Crippen molar-refractivity contribution in [3.05, 3.63) is 76.7 Å². The molecule has 5 heterocycles. The molecule has 316 valence electrons. The lowest BCUT2D eigenvalue weighted by atomic mass is 10.0. The van der Waals surface area contributed by atoms with Crippen molar-refractivity contribution >= 4 is 64.0 Å². The van der Waals surface area contributed by atoms with Gasteiger partial charge in [-0.15, -0.1) is 0 Å². The fourth-order valence-electron chi connectivity index (χ4n) is 8.47. The van der Waals surface area contributed by atoms with Crippen molar-refractivity contribution in [2.24, 2.45) is 0 Å². The summed E-state index contributed by atoms with van der Waals surface area (Å²) in [6.45, 7) is 5.66. The molecule has 17 nitrogen and oxygen atoms in total. The van der Waals surface area contributed by atoms with E-state index in [-0.39, 0.29) is 49.6 Å². The summed E-state index contributed by atoms with van der Waals surface area (Å²) in [4.78, 5) is 73.4. The van der Waals surface area contributed by atoms with E-state index in [0.29, 0.717) is 53.9 Å². The second kappa shape index (κ2) is 18.6. The molecule has 60 heavy (non-hydrogen) atoms. The van der Waals surface area contributed by atoms with Gasteiger partial charge in [0.1, 0.15) is 18.4 Å². The number of carbonyl (C=O) groups excluding carboxylic acids is 5. The number of nitrogens with one attached hydrogen (secondary N) is 4. The minimum atomic E-state index is -0.628. The maximum Gasteiger partial charge on any atom is 0.323 e. The number of halogens is 1. The lowest BCUT2D eigenvalue weighted by Gasteiger charge is -2.36. The standard InChI is InChI=1S/C42H49ClN10O7/c43-29-5-9-35(32(24-29)47-42(58)48-33-25-45-36-11-13-46-53(36)39(33)27-3-1-2-4-27)60-21-14-44-37(54)12-20-59-22-19-50-15-17-51(18-16-50)30-6-7-31-28(23-30)26-52(41(31)57)34-8-10-38(55)49-40(34)56/h5-7,9,11,13,23-25,27,34H,1-4,8,10,12,14-22,26H2,(H,44,54)(H2,47,48,58)(H,49,55,56). The van der Waals surface area contributed by atoms with Gasteiger partial charge >= 0.3 is 6.03 Å². The molecule has 0 bridgehead atoms. The highest BCUT2D eigenvalue weighted by atomic mass is 35.5. The van der Waals surface area contributed by atoms with Gasteiger partial charge in [-0.3, -0.25) is 29.4 Å². The number of hydrogen-bond donors (Lipinski definition) is 4. The van der Waals surface area contributed by atoms with Crippen LogP contribution in [0.2, 0.25) is 5.02 Å². The molecule has 4 N–H and O–H groups in total. The molecule has 4 aliphatic rings. The van der Waals surface area contributed by atoms with Crippen LogP contribution in [0, 0.1) is 0 Å². The summed E-state index contributed by atoms with van der Waals surface area (Å²) in [5.41, 5.74) is 5.20. The van der Waals surface area contributed by atoms with Crippen LogP contribution in [-0.4, -0.2) is 119 Å². The molecular weight excluding hydrogens is 792 g/mol. The third kappa shape index (κ3) is 9.48. The predicted molar refractivity (Wildman–Crippen MR) is 223 cm³/mol. The van der Waals surface area contributed by atoms with Crippen LogP contribution in [0.4, 0.5) is 21.9 Å². The number of piperazine rings is 1. The summed E-state index contributed by atoms with van der Waals surface area (Å²) in [5.74, 6) is -0.352. The third-order valence-corrected chi connectivity index (χ3v) is 11.8. The van der Waals surface area contributed by atoms with E-state index >= 15 is 0 Å². The van der Waals surface area contributed by atoms with Gasteiger partial charge in [0.25, 0.3) is 5.91 Å². The average Bonchev–Trinajstić information content (AvgIpc) is 4.02. The number of rotatable bonds is 15. The van der Waals surface area contributed by atoms with Crippen LogP contribution in [-0.2, 0) is 25.7 Å². The molecule has 3 aliphatic heterocycles. The van der Waals surface area contributed by atoms with E-state index in [2.05, 4.69) is 41.1 Å². The molecular formula is C42H49ClN10O7. The molecule has 0 radical (unpaired) electrons. The maximum atomic E-state index is 13.2. The zero-order valence-electron chi connectivity index (χ0n) is 33.3. The van der Waals surface area contributed by atoms with E-state index < -0.39 is 18.0 Å². The smallest absolute Gasteiger partial charge is 0.323 e. The summed E-state index contributed by atoms with van der Waals surface area (Å²) < 4.78 is 13.5. The summed E-state index contributed by atoms with van der Waals surface area (Å²) in [6.07, 6.45) is 8.46. The first-order chi connectivity index (χ1) is 29.2. The largest absolute Gasteiger partial charge is 0.490 e. The number of imide groups is 1. The van der Waals surface area contributed by atoms with E-state index in [1.807, 2.05) is 24.3 Å². The number of piperidine rings is 1. The number of anilines is 3. The third-order valence-electron chi connectivity index (χ3n) is 11.6. The van der Waals surface area contributed by atoms with Crippen molar-refractivity contribution in [1.29, 1.82) is 0 Å². The molecule has 2 aromatic heterocycles. The highest BCUT2D eigenvalue weighted by Gasteiger charge is 2.39. The molecule has 1 unspecified atom stereocenters. The molecule has 6 amide bonds. The van der Waals surface area contributed by atoms with Gasteiger partial charge in [0.15, 0.2) is 5.65 Å². The Morgan fingerprint density at radius 1 is 0.917 bits per heavy atom. The summed E-state index contributed by atoms with van der Waals surface area (Å²) in [7, 11) is 0. The van der Waals surface area contributed by atoms with E-state index in [4.69, 9.17) is 21.1 Å². The number of ether oxygens (including phenoxy) is 2. The minimum absolute atomic E-state index is 0.154. The molecule has 1 atom stereocenters. The molecule has 18 heteroatoms. The Hall–Kier alpha value is -5.78. The number of aromatic nitrogens is 3. The van der Waals surface area contributed by atoms with Crippen molar-refractivity contribution in [1.82, 2.24) is 35.0 Å². The zero-order chi connectivity index (χ0) is 41.6. The number of carbonyl (C=O) groups is 5. The fraction of sp³-hybridized carbons (Fsp3) is 0.452. The average molecular weight is 841 g/mol. The van der Waals surface area contributed by atoms with E-state index in [0.717, 1.165) is 81.0 Å². The second-order valence-corrected chi connectivity index (χ2v) is 15.9. The first-order valence-electron chi connectivity index (χ1n) is 20.6. The van der Waals surface area contributed by atoms with Crippen LogP contribution >= 0.6 is 11.6 Å². The van der Waals surface area contributed by atoms with Gasteiger partial charge in [-0.25, -0.2) is 14.3 Å². The van der Waals surface area contributed by atoms with Crippen molar-refractivity contribution in [2.45, 2.75) is 63.5 Å². The van der Waals surface area contributed by atoms with Crippen molar-refractivity contribution in [3.63, 3.8) is 0 Å². The van der Waals surface area contributed by atoms with Crippen LogP contribution < -0.4 is 30.9 Å². The first-order valence-corrected chi connectivity index (χ1v) is 21.0. The fourth-order valence-corrected chi connectivity index (χ4v) is 8.64. The maximum absolute atomic E-state index is 13.2. The molecule has 3 fully saturated rings. The molecule has 1 aliphatic carbocycles. The topological polar surface area (TPSA) is 192 Å². The Kier molecular flexibility index (Phi) is 12.7. The highest BCUT2D eigenvalue weighted by molar-refractivity contribution is 6.31. The van der Waals surface area contributed by atoms with Crippen molar-refractivity contribution in [3.8, 4) is 5.75 Å². The Bertz CT molecular complexity index is 2250. The summed E-state index contributed by atoms with van der Waals surface area (Å²) in [6, 6.07) is 11.5. The molecule has 2 saturated heterocycles. The van der Waals surface area contributed by atoms with Gasteiger partial charge in [-0.2, -0.15) is 5.10 Å². The Morgan fingerprint density at radius 3 is 2.55 bits per heavy atom. The lowest BCUT2D eigenvalue weighted by molar-refractivity contribution is -0.137. The van der Waals surface area contributed by atoms with E-state index in [9.17, 15) is 24.0 Å². The van der Waals surface area contributed by atoms with Gasteiger partial charge in [-0.05, 0) is 61.2 Å². The van der Waals surface area contributed by atoms with Crippen LogP contribution in [0.1, 0.15) is 72.5 Å². The molecule has 0 spiro atoms. The molecule has 8 rings (SSSR count). The van der Waals surface area contributed by atoms with Crippen molar-refractivity contribution < 1.29 is 33.4 Å². The summed E-state index contributed by atoms with van der Waals surface area (Å²) in [5, 5.41) is 15.9. The van der Waals surface area contributed by atoms with Crippen molar-refractivity contribution in [2.75, 3.05) is 74.6 Å². The second-order valence-electron chi connectivity index (χ2n) is 15.5. The minimum Gasteiger partial charge on any atom is -0.490 e. The van der Waals surface area contributed by atoms with Gasteiger partial charge in [0.05, 0.1) is 49.2 Å². The van der Waals surface area contributed by atoms with Crippen LogP contribution in [0.3, 0.4) is 0 Å². The lowest BCUT2D eigenvalue weighted by Crippen LogP contribution is -2.52. The van der Waals surface area contributed by atoms with Crippen LogP contribution in [0.5, 0.6) is 5.75 Å². The predicted octanol–water partition coefficient (Wildman–Crippen LogP) is 4.17. The molecule has 4 aromatic rings. The normalized spacial score (nSPS) is 18.5. The Morgan fingerprint density at radius 2 is 1.73 bits per heavy atom. The van der Waals surface area contributed by atoms with Gasteiger partial charge in [0.2, 0.25) is 17.7 Å². The van der Waals surface area contributed by atoms with Crippen LogP contribution in [0.25, 0.3) is 5.65 Å². The number of benzene rings is 2. The van der Waals surface area contributed by atoms with Gasteiger partial charge in [-0.1, -0.05) is 24.4 Å². The quantitative estimate of drug-likeness (QED) is 0.0993.